The van der Waals surface area contributed by atoms with E-state index in [1.807, 2.05) is 0 Å². The van der Waals surface area contributed by atoms with E-state index in [2.05, 4.69) is 17.5 Å². The average molecular weight is 640 g/mol. The van der Waals surface area contributed by atoms with Gasteiger partial charge in [0.25, 0.3) is 11.5 Å². The number of ether oxygens (including phenoxy) is 1. The van der Waals surface area contributed by atoms with Crippen LogP contribution in [0.5, 0.6) is 0 Å². The number of H-pyrrole nitrogens is 1. The molecule has 0 bridgehead atoms. The number of aromatic amines is 1. The minimum absolute atomic E-state index is 0.480. The van der Waals surface area contributed by atoms with E-state index >= 15 is 0 Å². The number of phosphoric acid groups is 4. The highest BCUT2D eigenvalue weighted by Gasteiger charge is 2.59. The molecule has 3 rings (SSSR count). The summed E-state index contributed by atoms with van der Waals surface area (Å²) in [6.45, 7) is -1.25. The van der Waals surface area contributed by atoms with Crippen LogP contribution in [0, 0.1) is 0 Å². The van der Waals surface area contributed by atoms with E-state index in [0.29, 0.717) is 10.8 Å². The zero-order chi connectivity index (χ0) is 29.1. The Morgan fingerprint density at radius 2 is 1.50 bits per heavy atom. The first kappa shape index (κ1) is 31.5. The van der Waals surface area contributed by atoms with Gasteiger partial charge in [-0.1, -0.05) is 0 Å². The van der Waals surface area contributed by atoms with E-state index in [1.54, 1.807) is 4.98 Å². The van der Waals surface area contributed by atoms with Gasteiger partial charge in [0.15, 0.2) is 0 Å². The van der Waals surface area contributed by atoms with Gasteiger partial charge in [0, 0.05) is 12.6 Å². The Hall–Kier alpha value is -1.02. The first-order valence-electron chi connectivity index (χ1n) is 9.60. The molecule has 1 aliphatic carbocycles. The lowest BCUT2D eigenvalue weighted by Crippen LogP contribution is -2.36. The molecule has 38 heavy (non-hydrogen) atoms. The summed E-state index contributed by atoms with van der Waals surface area (Å²) in [5.41, 5.74) is -2.98. The molecule has 1 aromatic heterocycles. The van der Waals surface area contributed by atoms with Gasteiger partial charge in [-0.25, -0.2) is 31.8 Å². The minimum Gasteiger partial charge on any atom is -0.387 e. The molecule has 26 heteroatoms. The molecule has 0 amide bonds. The fraction of sp³-hybridized carbons (Fsp3) is 0.667. The lowest BCUT2D eigenvalue weighted by molar-refractivity contribution is -0.0228. The molecule has 0 spiro atoms. The zero-order valence-corrected chi connectivity index (χ0v) is 21.6. The van der Waals surface area contributed by atoms with Crippen molar-refractivity contribution in [1.82, 2.24) is 9.55 Å². The van der Waals surface area contributed by atoms with Gasteiger partial charge in [0.1, 0.15) is 30.5 Å². The number of aliphatic hydroxyl groups is 2. The van der Waals surface area contributed by atoms with Crippen molar-refractivity contribution in [2.45, 2.75) is 42.8 Å². The van der Waals surface area contributed by atoms with Crippen molar-refractivity contribution >= 4 is 31.3 Å². The summed E-state index contributed by atoms with van der Waals surface area (Å²) in [6, 6.07) is -1.59. The van der Waals surface area contributed by atoms with Gasteiger partial charge < -0.3 is 39.4 Å². The summed E-state index contributed by atoms with van der Waals surface area (Å²) >= 11 is 0. The SMILES string of the molecule is O=c1[nH]c(=O)n(C2CC2(F)F)cc1[C@@H]1O[C@H](COP(=O)(O)OP(=O)(O)OP(=O)(O)OP(=O)(O)O)[C@@H](O)[C@H]1O. The Bertz CT molecular complexity index is 1390. The van der Waals surface area contributed by atoms with Crippen LogP contribution in [-0.4, -0.2) is 75.1 Å². The van der Waals surface area contributed by atoms with E-state index in [1.165, 1.54) is 0 Å². The standard InChI is InChI=1S/C12H18F2N2O18P4/c13-12(14)1-6(12)16-2-4(10(19)15-11(16)20)9-8(18)7(17)5(31-9)3-30-36(24,25)33-38(28,29)34-37(26,27)32-35(21,22)23/h2,5-9,17-18H,1,3H2,(H,24,25)(H,26,27)(H,28,29)(H,15,19,20)(H2,21,22,23)/t5-,6?,7-,8-,9+/m1/s1. The van der Waals surface area contributed by atoms with Gasteiger partial charge in [-0.05, 0) is 0 Å². The Morgan fingerprint density at radius 3 is 2.03 bits per heavy atom. The molecular formula is C12H18F2N2O18P4. The third-order valence-corrected chi connectivity index (χ3v) is 10.3. The quantitative estimate of drug-likeness (QED) is 0.131. The van der Waals surface area contributed by atoms with Crippen molar-refractivity contribution in [3.05, 3.63) is 32.6 Å². The Labute approximate surface area is 207 Å². The van der Waals surface area contributed by atoms with Crippen molar-refractivity contribution in [2.75, 3.05) is 6.61 Å². The van der Waals surface area contributed by atoms with Crippen molar-refractivity contribution in [3.63, 3.8) is 0 Å². The largest absolute Gasteiger partial charge is 0.490 e. The van der Waals surface area contributed by atoms with Gasteiger partial charge in [0.2, 0.25) is 0 Å². The molecule has 2 fully saturated rings. The Balaban J connectivity index is 1.69. The third kappa shape index (κ3) is 7.80. The number of hydrogen-bond donors (Lipinski definition) is 8. The van der Waals surface area contributed by atoms with E-state index in [4.69, 9.17) is 19.4 Å². The number of rotatable bonds is 11. The molecule has 4 unspecified atom stereocenters. The first-order valence-corrected chi connectivity index (χ1v) is 15.6. The molecule has 8 N–H and O–H groups in total. The Morgan fingerprint density at radius 1 is 0.974 bits per heavy atom. The highest BCUT2D eigenvalue weighted by Crippen LogP contribution is 2.70. The number of nitrogens with zero attached hydrogens (tertiary/aromatic N) is 1. The second kappa shape index (κ2) is 10.4. The normalized spacial score (nSPS) is 31.8. The predicted molar refractivity (Wildman–Crippen MR) is 110 cm³/mol. The smallest absolute Gasteiger partial charge is 0.387 e. The molecule has 2 aliphatic rings. The second-order valence-electron chi connectivity index (χ2n) is 7.75. The molecular weight excluding hydrogens is 622 g/mol. The highest BCUT2D eigenvalue weighted by atomic mass is 31.3. The maximum atomic E-state index is 13.4. The molecule has 1 aromatic rings. The lowest BCUT2D eigenvalue weighted by Gasteiger charge is -2.20. The summed E-state index contributed by atoms with van der Waals surface area (Å²) in [7, 11) is -23.7. The summed E-state index contributed by atoms with van der Waals surface area (Å²) in [6.07, 6.45) is -7.64. The van der Waals surface area contributed by atoms with Gasteiger partial charge in [-0.15, -0.1) is 0 Å². The third-order valence-electron chi connectivity index (χ3n) is 4.82. The van der Waals surface area contributed by atoms with Crippen LogP contribution in [-0.2, 0) is 40.5 Å². The van der Waals surface area contributed by atoms with Crippen molar-refractivity contribution in [2.24, 2.45) is 0 Å². The van der Waals surface area contributed by atoms with Gasteiger partial charge >= 0.3 is 37.0 Å². The van der Waals surface area contributed by atoms with E-state index in [-0.39, 0.29) is 0 Å². The number of hydrogen-bond acceptors (Lipinski definition) is 13. The number of aromatic nitrogens is 2. The van der Waals surface area contributed by atoms with Crippen LogP contribution >= 0.6 is 31.3 Å². The Kier molecular flexibility index (Phi) is 8.64. The second-order valence-corrected chi connectivity index (χ2v) is 13.8. The maximum absolute atomic E-state index is 13.4. The monoisotopic (exact) mass is 640 g/mol. The minimum atomic E-state index is -6.11. The van der Waals surface area contributed by atoms with Gasteiger partial charge in [-0.2, -0.15) is 12.9 Å². The van der Waals surface area contributed by atoms with E-state index in [9.17, 15) is 56.6 Å². The van der Waals surface area contributed by atoms with Crippen LogP contribution in [0.25, 0.3) is 0 Å². The number of halogens is 2. The topological polar surface area (TPSA) is 311 Å². The van der Waals surface area contributed by atoms with E-state index in [0.717, 1.165) is 0 Å². The molecule has 1 aliphatic heterocycles. The van der Waals surface area contributed by atoms with Gasteiger partial charge in [0.05, 0.1) is 12.2 Å². The molecule has 1 saturated heterocycles. The number of alkyl halides is 2. The molecule has 2 heterocycles. The molecule has 0 radical (unpaired) electrons. The number of aliphatic hydroxyl groups excluding tert-OH is 2. The predicted octanol–water partition coefficient (Wildman–Crippen LogP) is -1.26. The van der Waals surface area contributed by atoms with Crippen LogP contribution in [0.2, 0.25) is 0 Å². The molecule has 8 atom stereocenters. The van der Waals surface area contributed by atoms with Crippen molar-refractivity contribution in [3.8, 4) is 0 Å². The molecule has 1 saturated carbocycles. The zero-order valence-electron chi connectivity index (χ0n) is 18.0. The lowest BCUT2D eigenvalue weighted by atomic mass is 10.0. The summed E-state index contributed by atoms with van der Waals surface area (Å²) in [5, 5.41) is 20.4. The number of phosphoric ester groups is 1. The summed E-state index contributed by atoms with van der Waals surface area (Å²) in [4.78, 5) is 70.6. The van der Waals surface area contributed by atoms with Crippen LogP contribution < -0.4 is 11.2 Å². The van der Waals surface area contributed by atoms with Crippen molar-refractivity contribution in [1.29, 1.82) is 0 Å². The number of nitrogens with one attached hydrogen (secondary N) is 1. The molecule has 20 nitrogen and oxygen atoms in total. The van der Waals surface area contributed by atoms with Crippen LogP contribution in [0.15, 0.2) is 15.8 Å². The fourth-order valence-corrected chi connectivity index (χ4v) is 7.66. The average Bonchev–Trinajstić information content (AvgIpc) is 3.21. The van der Waals surface area contributed by atoms with Gasteiger partial charge in [-0.3, -0.25) is 18.9 Å². The molecule has 0 aromatic carbocycles. The first-order chi connectivity index (χ1) is 17.0. The van der Waals surface area contributed by atoms with E-state index < -0.39 is 97.5 Å². The summed E-state index contributed by atoms with van der Waals surface area (Å²) in [5.74, 6) is -3.24. The fourth-order valence-electron chi connectivity index (χ4n) is 3.20. The maximum Gasteiger partial charge on any atom is 0.490 e. The van der Waals surface area contributed by atoms with Crippen LogP contribution in [0.3, 0.4) is 0 Å². The molecule has 218 valence electrons. The van der Waals surface area contributed by atoms with Crippen LogP contribution in [0.4, 0.5) is 8.78 Å². The summed E-state index contributed by atoms with van der Waals surface area (Å²) < 4.78 is 92.5. The van der Waals surface area contributed by atoms with Crippen molar-refractivity contribution < 1.29 is 83.9 Å². The highest BCUT2D eigenvalue weighted by molar-refractivity contribution is 7.69. The van der Waals surface area contributed by atoms with Crippen LogP contribution in [0.1, 0.15) is 24.1 Å².